The van der Waals surface area contributed by atoms with E-state index in [1.165, 1.54) is 5.56 Å². The largest absolute Gasteiger partial charge is 0.343 e. The molecule has 1 rings (SSSR count). The average molecular weight is 254 g/mol. The molecule has 0 N–H and O–H groups in total. The molecule has 0 aliphatic heterocycles. The fourth-order valence-corrected chi connectivity index (χ4v) is 1.88. The zero-order valence-corrected chi connectivity index (χ0v) is 11.1. The zero-order valence-electron chi connectivity index (χ0n) is 10.4. The van der Waals surface area contributed by atoms with Crippen LogP contribution >= 0.6 is 11.6 Å². The third-order valence-corrected chi connectivity index (χ3v) is 3.03. The van der Waals surface area contributed by atoms with Crippen molar-refractivity contribution in [3.8, 4) is 0 Å². The molecule has 94 valence electrons. The van der Waals surface area contributed by atoms with Crippen molar-refractivity contribution in [2.24, 2.45) is 0 Å². The molecule has 0 unspecified atom stereocenters. The molecule has 0 saturated carbocycles. The first-order chi connectivity index (χ1) is 8.27. The smallest absolute Gasteiger partial charge is 0.222 e. The number of hydrogen-bond acceptors (Lipinski definition) is 1. The number of benzene rings is 1. The van der Waals surface area contributed by atoms with Crippen molar-refractivity contribution in [2.45, 2.75) is 26.2 Å². The Morgan fingerprint density at radius 1 is 1.29 bits per heavy atom. The van der Waals surface area contributed by atoms with E-state index in [0.717, 1.165) is 25.9 Å². The molecule has 0 aliphatic rings. The summed E-state index contributed by atoms with van der Waals surface area (Å²) in [6.07, 6.45) is 2.27. The molecule has 3 heteroatoms. The first kappa shape index (κ1) is 14.0. The Kier molecular flexibility index (Phi) is 6.71. The Labute approximate surface area is 109 Å². The number of carbonyl (C=O) groups is 1. The fraction of sp³-hybridized carbons (Fsp3) is 0.500. The van der Waals surface area contributed by atoms with Crippen molar-refractivity contribution < 1.29 is 4.79 Å². The minimum atomic E-state index is 0.224. The van der Waals surface area contributed by atoms with Gasteiger partial charge < -0.3 is 4.90 Å². The van der Waals surface area contributed by atoms with E-state index in [0.29, 0.717) is 12.3 Å². The monoisotopic (exact) mass is 253 g/mol. The molecule has 2 nitrogen and oxygen atoms in total. The highest BCUT2D eigenvalue weighted by Gasteiger charge is 2.10. The minimum Gasteiger partial charge on any atom is -0.343 e. The normalized spacial score (nSPS) is 10.2. The van der Waals surface area contributed by atoms with E-state index in [2.05, 4.69) is 12.1 Å². The predicted octanol–water partition coefficient (Wildman–Crippen LogP) is 3.10. The molecule has 1 amide bonds. The molecule has 0 heterocycles. The van der Waals surface area contributed by atoms with Crippen molar-refractivity contribution in [3.05, 3.63) is 35.9 Å². The quantitative estimate of drug-likeness (QED) is 0.684. The van der Waals surface area contributed by atoms with Crippen molar-refractivity contribution in [1.82, 2.24) is 4.90 Å². The highest BCUT2D eigenvalue weighted by atomic mass is 35.5. The van der Waals surface area contributed by atoms with E-state index in [4.69, 9.17) is 11.6 Å². The molecule has 1 aromatic carbocycles. The van der Waals surface area contributed by atoms with E-state index in [-0.39, 0.29) is 5.91 Å². The summed E-state index contributed by atoms with van der Waals surface area (Å²) in [5.74, 6) is 0.837. The van der Waals surface area contributed by atoms with Gasteiger partial charge in [0.15, 0.2) is 0 Å². The average Bonchev–Trinajstić information content (AvgIpc) is 2.38. The lowest BCUT2D eigenvalue weighted by atomic mass is 10.1. The van der Waals surface area contributed by atoms with Crippen LogP contribution in [-0.2, 0) is 11.2 Å². The topological polar surface area (TPSA) is 20.3 Å². The summed E-state index contributed by atoms with van der Waals surface area (Å²) in [5.41, 5.74) is 1.22. The van der Waals surface area contributed by atoms with Crippen LogP contribution < -0.4 is 0 Å². The standard InChI is InChI=1S/C14H20ClNO/c1-2-16(12-6-11-15)14(17)10-9-13-7-4-3-5-8-13/h3-5,7-8H,2,6,9-12H2,1H3. The number of amides is 1. The van der Waals surface area contributed by atoms with Gasteiger partial charge in [-0.2, -0.15) is 0 Å². The predicted molar refractivity (Wildman–Crippen MR) is 72.4 cm³/mol. The summed E-state index contributed by atoms with van der Waals surface area (Å²) in [7, 11) is 0. The lowest BCUT2D eigenvalue weighted by molar-refractivity contribution is -0.131. The van der Waals surface area contributed by atoms with Gasteiger partial charge in [-0.1, -0.05) is 30.3 Å². The first-order valence-electron chi connectivity index (χ1n) is 6.15. The molecular formula is C14H20ClNO. The van der Waals surface area contributed by atoms with Crippen LogP contribution in [0.15, 0.2) is 30.3 Å². The molecule has 0 saturated heterocycles. The maximum Gasteiger partial charge on any atom is 0.222 e. The van der Waals surface area contributed by atoms with Crippen LogP contribution in [0.1, 0.15) is 25.3 Å². The maximum absolute atomic E-state index is 11.9. The van der Waals surface area contributed by atoms with Crippen LogP contribution in [0.4, 0.5) is 0 Å². The highest BCUT2D eigenvalue weighted by Crippen LogP contribution is 2.05. The van der Waals surface area contributed by atoms with Crippen LogP contribution in [-0.4, -0.2) is 29.8 Å². The van der Waals surface area contributed by atoms with Gasteiger partial charge in [0.05, 0.1) is 0 Å². The fourth-order valence-electron chi connectivity index (χ4n) is 1.76. The second kappa shape index (κ2) is 8.13. The van der Waals surface area contributed by atoms with Crippen molar-refractivity contribution in [2.75, 3.05) is 19.0 Å². The van der Waals surface area contributed by atoms with Gasteiger partial charge in [0, 0.05) is 25.4 Å². The van der Waals surface area contributed by atoms with Crippen LogP contribution in [0.5, 0.6) is 0 Å². The summed E-state index contributed by atoms with van der Waals surface area (Å²) >= 11 is 5.64. The lowest BCUT2D eigenvalue weighted by Gasteiger charge is -2.20. The van der Waals surface area contributed by atoms with Crippen LogP contribution in [0.2, 0.25) is 0 Å². The molecule has 0 aromatic heterocycles. The molecule has 0 fully saturated rings. The summed E-state index contributed by atoms with van der Waals surface area (Å²) in [4.78, 5) is 13.8. The van der Waals surface area contributed by atoms with Crippen LogP contribution in [0.3, 0.4) is 0 Å². The van der Waals surface area contributed by atoms with Gasteiger partial charge in [-0.05, 0) is 25.3 Å². The summed E-state index contributed by atoms with van der Waals surface area (Å²) in [5, 5.41) is 0. The number of alkyl halides is 1. The molecule has 1 aromatic rings. The third kappa shape index (κ3) is 5.22. The first-order valence-corrected chi connectivity index (χ1v) is 6.69. The number of hydrogen-bond donors (Lipinski definition) is 0. The maximum atomic E-state index is 11.9. The number of carbonyl (C=O) groups excluding carboxylic acids is 1. The van der Waals surface area contributed by atoms with E-state index in [1.807, 2.05) is 30.0 Å². The highest BCUT2D eigenvalue weighted by molar-refractivity contribution is 6.17. The summed E-state index contributed by atoms with van der Waals surface area (Å²) in [6.45, 7) is 3.55. The molecule has 0 spiro atoms. The molecule has 0 atom stereocenters. The van der Waals surface area contributed by atoms with E-state index in [9.17, 15) is 4.79 Å². The number of rotatable bonds is 7. The van der Waals surface area contributed by atoms with Crippen molar-refractivity contribution in [3.63, 3.8) is 0 Å². The van der Waals surface area contributed by atoms with E-state index < -0.39 is 0 Å². The summed E-state index contributed by atoms with van der Waals surface area (Å²) in [6, 6.07) is 10.1. The molecular weight excluding hydrogens is 234 g/mol. The van der Waals surface area contributed by atoms with Gasteiger partial charge in [-0.3, -0.25) is 4.79 Å². The Morgan fingerprint density at radius 2 is 2.00 bits per heavy atom. The van der Waals surface area contributed by atoms with Gasteiger partial charge in [0.1, 0.15) is 0 Å². The van der Waals surface area contributed by atoms with Gasteiger partial charge in [0.2, 0.25) is 5.91 Å². The van der Waals surface area contributed by atoms with E-state index >= 15 is 0 Å². The zero-order chi connectivity index (χ0) is 12.5. The SMILES string of the molecule is CCN(CCCCl)C(=O)CCc1ccccc1. The Morgan fingerprint density at radius 3 is 2.59 bits per heavy atom. The van der Waals surface area contributed by atoms with Gasteiger partial charge in [-0.25, -0.2) is 0 Å². The molecule has 17 heavy (non-hydrogen) atoms. The van der Waals surface area contributed by atoms with E-state index in [1.54, 1.807) is 0 Å². The van der Waals surface area contributed by atoms with Gasteiger partial charge in [0.25, 0.3) is 0 Å². The molecule has 0 bridgehead atoms. The van der Waals surface area contributed by atoms with Crippen LogP contribution in [0.25, 0.3) is 0 Å². The molecule has 0 radical (unpaired) electrons. The van der Waals surface area contributed by atoms with Crippen molar-refractivity contribution >= 4 is 17.5 Å². The number of aryl methyl sites for hydroxylation is 1. The second-order valence-corrected chi connectivity index (χ2v) is 4.38. The minimum absolute atomic E-state index is 0.224. The second-order valence-electron chi connectivity index (χ2n) is 4.00. The van der Waals surface area contributed by atoms with Gasteiger partial charge >= 0.3 is 0 Å². The van der Waals surface area contributed by atoms with Gasteiger partial charge in [-0.15, -0.1) is 11.6 Å². The Bertz CT molecular complexity index is 326. The Balaban J connectivity index is 2.37. The third-order valence-electron chi connectivity index (χ3n) is 2.77. The molecule has 0 aliphatic carbocycles. The van der Waals surface area contributed by atoms with Crippen LogP contribution in [0, 0.1) is 0 Å². The van der Waals surface area contributed by atoms with Crippen molar-refractivity contribution in [1.29, 1.82) is 0 Å². The summed E-state index contributed by atoms with van der Waals surface area (Å²) < 4.78 is 0. The Hall–Kier alpha value is -1.02. The lowest BCUT2D eigenvalue weighted by Crippen LogP contribution is -2.32. The number of halogens is 1. The number of nitrogens with zero attached hydrogens (tertiary/aromatic N) is 1.